The second-order valence-electron chi connectivity index (χ2n) is 14.9. The van der Waals surface area contributed by atoms with Crippen molar-refractivity contribution in [3.05, 3.63) is 134 Å². The lowest BCUT2D eigenvalue weighted by Gasteiger charge is -2.37. The highest BCUT2D eigenvalue weighted by Gasteiger charge is 2.37. The van der Waals surface area contributed by atoms with Crippen LogP contribution in [0.1, 0.15) is 77.9 Å². The maximum Gasteiger partial charge on any atom is 0.419 e. The molecule has 1 saturated carbocycles. The molecule has 8 rings (SSSR count). The van der Waals surface area contributed by atoms with Gasteiger partial charge in [-0.15, -0.1) is 0 Å². The highest BCUT2D eigenvalue weighted by molar-refractivity contribution is 5.88. The van der Waals surface area contributed by atoms with Crippen LogP contribution >= 0.6 is 0 Å². The third kappa shape index (κ3) is 7.23. The van der Waals surface area contributed by atoms with E-state index in [1.54, 1.807) is 16.7 Å². The predicted molar refractivity (Wildman–Crippen MR) is 212 cm³/mol. The number of phenols is 1. The van der Waals surface area contributed by atoms with Crippen molar-refractivity contribution in [2.45, 2.75) is 69.2 Å². The van der Waals surface area contributed by atoms with Gasteiger partial charge in [0.05, 0.1) is 24.2 Å². The summed E-state index contributed by atoms with van der Waals surface area (Å²) in [5, 5.41) is 24.9. The van der Waals surface area contributed by atoms with Gasteiger partial charge in [0.1, 0.15) is 23.2 Å². The van der Waals surface area contributed by atoms with Crippen LogP contribution in [0.25, 0.3) is 22.0 Å². The van der Waals surface area contributed by atoms with Crippen LogP contribution in [0, 0.1) is 0 Å². The highest BCUT2D eigenvalue weighted by Crippen LogP contribution is 2.49. The van der Waals surface area contributed by atoms with E-state index in [2.05, 4.69) is 28.3 Å². The Kier molecular flexibility index (Phi) is 10.5. The van der Waals surface area contributed by atoms with Gasteiger partial charge in [0, 0.05) is 48.3 Å². The first-order valence-corrected chi connectivity index (χ1v) is 19.2. The number of phenolic OH excluding ortho intramolecular Hbond substituents is 1. The number of rotatable bonds is 12. The van der Waals surface area contributed by atoms with Crippen LogP contribution in [0.15, 0.2) is 98.9 Å². The number of aromatic amines is 1. The summed E-state index contributed by atoms with van der Waals surface area (Å²) in [5.41, 5.74) is 5.62. The number of hydrogen-bond donors (Lipinski definition) is 4. The number of aliphatic hydroxyl groups is 1. The maximum atomic E-state index is 13.2. The summed E-state index contributed by atoms with van der Waals surface area (Å²) < 4.78 is 18.9. The number of aromatic nitrogens is 2. The van der Waals surface area contributed by atoms with E-state index in [9.17, 15) is 24.6 Å². The molecule has 1 fully saturated rings. The van der Waals surface area contributed by atoms with Crippen LogP contribution in [-0.2, 0) is 22.6 Å². The molecule has 0 bridgehead atoms. The molecule has 3 heterocycles. The number of nitrogens with one attached hydrogen (secondary N) is 2. The molecule has 56 heavy (non-hydrogen) atoms. The van der Waals surface area contributed by atoms with Gasteiger partial charge in [-0.25, -0.2) is 4.79 Å². The number of carbonyl (C=O) groups excluding carboxylic acids is 1. The summed E-state index contributed by atoms with van der Waals surface area (Å²) in [6.07, 6.45) is 3.96. The molecule has 4 N–H and O–H groups in total. The van der Waals surface area contributed by atoms with Crippen LogP contribution in [0.2, 0.25) is 0 Å². The van der Waals surface area contributed by atoms with Gasteiger partial charge in [0.25, 0.3) is 0 Å². The molecule has 0 radical (unpaired) electrons. The van der Waals surface area contributed by atoms with Crippen molar-refractivity contribution in [3.63, 3.8) is 0 Å². The topological polar surface area (TPSA) is 159 Å². The molecule has 1 unspecified atom stereocenters. The fourth-order valence-corrected chi connectivity index (χ4v) is 8.70. The first-order valence-electron chi connectivity index (χ1n) is 19.2. The first kappa shape index (κ1) is 37.2. The zero-order valence-corrected chi connectivity index (χ0v) is 31.5. The smallest absolute Gasteiger partial charge is 0.419 e. The number of hydrogen-bond acceptors (Lipinski definition) is 10. The third-order valence-corrected chi connectivity index (χ3v) is 11.6. The molecule has 2 atom stereocenters. The van der Waals surface area contributed by atoms with E-state index in [0.717, 1.165) is 66.6 Å². The Balaban J connectivity index is 0.848. The molecule has 0 saturated heterocycles. The summed E-state index contributed by atoms with van der Waals surface area (Å²) in [6.45, 7) is 2.03. The van der Waals surface area contributed by atoms with Crippen molar-refractivity contribution in [2.75, 3.05) is 27.2 Å². The number of H-pyrrole nitrogens is 1. The Morgan fingerprint density at radius 3 is 2.59 bits per heavy atom. The Morgan fingerprint density at radius 2 is 1.77 bits per heavy atom. The molecule has 2 aromatic heterocycles. The molecule has 12 heteroatoms. The third-order valence-electron chi connectivity index (χ3n) is 11.6. The second kappa shape index (κ2) is 15.8. The summed E-state index contributed by atoms with van der Waals surface area (Å²) in [6, 6.07) is 26.0. The molecule has 1 aliphatic heterocycles. The van der Waals surface area contributed by atoms with Crippen LogP contribution in [0.5, 0.6) is 17.2 Å². The summed E-state index contributed by atoms with van der Waals surface area (Å²) in [5.74, 6) is 0.487. The van der Waals surface area contributed by atoms with E-state index in [1.807, 2.05) is 54.6 Å². The number of oxazole rings is 1. The molecule has 4 aromatic carbocycles. The quantitative estimate of drug-likeness (QED) is 0.103. The van der Waals surface area contributed by atoms with Crippen LogP contribution < -0.4 is 21.4 Å². The number of nitrogens with zero attached hydrogens (tertiary/aromatic N) is 2. The molecule has 6 aromatic rings. The molecular formula is C44H46N4O8. The minimum atomic E-state index is -0.885. The normalized spacial score (nSPS) is 18.4. The van der Waals surface area contributed by atoms with Gasteiger partial charge >= 0.3 is 11.7 Å². The van der Waals surface area contributed by atoms with Crippen LogP contribution in [0.4, 0.5) is 0 Å². The van der Waals surface area contributed by atoms with Gasteiger partial charge in [-0.3, -0.25) is 14.2 Å². The van der Waals surface area contributed by atoms with Gasteiger partial charge in [0.15, 0.2) is 5.58 Å². The number of methoxy groups -OCH3 is 1. The fraction of sp³-hybridized carbons (Fsp3) is 0.341. The maximum absolute atomic E-state index is 13.2. The Hall–Kier alpha value is -5.69. The summed E-state index contributed by atoms with van der Waals surface area (Å²) >= 11 is 0. The zero-order chi connectivity index (χ0) is 38.9. The van der Waals surface area contributed by atoms with E-state index in [0.29, 0.717) is 47.3 Å². The number of pyridine rings is 1. The first-order chi connectivity index (χ1) is 27.2. The number of benzene rings is 4. The molecule has 290 valence electrons. The standard InChI is InChI=1S/C44H46N4O8/c1-47(28-14-12-27(13-15-28)29-8-5-10-37-40(29)41(43(52)54-2)32-7-3-4-9-36(32)55-37)21-6-22-48-33-18-11-26(23-38(33)56-44(48)53)24-45-25-35(50)30-16-19-34(49)42-31(30)17-20-39(51)46-42/h3-5,7-11,16-20,23,27-28,35,41,45,49-50H,6,12-15,21-22,24-25H2,1-2H3,(H,46,51)/t27-,28-,35-,41?/m0/s1. The molecular weight excluding hydrogens is 713 g/mol. The predicted octanol–water partition coefficient (Wildman–Crippen LogP) is 6.42. The molecule has 0 amide bonds. The SMILES string of the molecule is COC(=O)C1c2ccccc2Oc2cccc([C@H]3CC[C@H](N(C)CCCn4c(=O)oc5cc(CNC[C@H](O)c6ccc(O)c7[nH]c(=O)ccc67)ccc54)CC3)c21. The van der Waals surface area contributed by atoms with E-state index >= 15 is 0 Å². The van der Waals surface area contributed by atoms with Gasteiger partial charge in [-0.2, -0.15) is 0 Å². The monoisotopic (exact) mass is 758 g/mol. The number of esters is 1. The lowest BCUT2D eigenvalue weighted by molar-refractivity contribution is -0.141. The number of carbonyl (C=O) groups is 1. The number of aryl methyl sites for hydroxylation is 1. The van der Waals surface area contributed by atoms with Gasteiger partial charge < -0.3 is 39.3 Å². The van der Waals surface area contributed by atoms with Crippen molar-refractivity contribution in [3.8, 4) is 17.2 Å². The largest absolute Gasteiger partial charge is 0.506 e. The average molecular weight is 759 g/mol. The Bertz CT molecular complexity index is 2510. The zero-order valence-electron chi connectivity index (χ0n) is 31.5. The minimum absolute atomic E-state index is 0.0587. The molecule has 0 spiro atoms. The second-order valence-corrected chi connectivity index (χ2v) is 14.9. The number of aromatic hydroxyl groups is 1. The number of aliphatic hydroxyl groups excluding tert-OH is 1. The average Bonchev–Trinajstić information content (AvgIpc) is 3.53. The Labute approximate surface area is 323 Å². The van der Waals surface area contributed by atoms with Crippen molar-refractivity contribution < 1.29 is 28.9 Å². The molecule has 2 aliphatic rings. The van der Waals surface area contributed by atoms with E-state index < -0.39 is 12.0 Å². The van der Waals surface area contributed by atoms with E-state index in [1.165, 1.54) is 24.8 Å². The van der Waals surface area contributed by atoms with Crippen LogP contribution in [0.3, 0.4) is 0 Å². The number of para-hydroxylation sites is 1. The summed E-state index contributed by atoms with van der Waals surface area (Å²) in [7, 11) is 3.60. The van der Waals surface area contributed by atoms with Crippen LogP contribution in [-0.4, -0.2) is 63.9 Å². The highest BCUT2D eigenvalue weighted by atomic mass is 16.5. The summed E-state index contributed by atoms with van der Waals surface area (Å²) in [4.78, 5) is 42.9. The molecule has 1 aliphatic carbocycles. The van der Waals surface area contributed by atoms with Crippen molar-refractivity contribution in [1.82, 2.24) is 19.8 Å². The molecule has 12 nitrogen and oxygen atoms in total. The minimum Gasteiger partial charge on any atom is -0.506 e. The van der Waals surface area contributed by atoms with Crippen molar-refractivity contribution in [1.29, 1.82) is 0 Å². The van der Waals surface area contributed by atoms with Gasteiger partial charge in [0.2, 0.25) is 5.56 Å². The van der Waals surface area contributed by atoms with Crippen molar-refractivity contribution in [2.24, 2.45) is 0 Å². The number of fused-ring (bicyclic) bond motifs is 4. The Morgan fingerprint density at radius 1 is 0.982 bits per heavy atom. The van der Waals surface area contributed by atoms with Crippen molar-refractivity contribution >= 4 is 28.0 Å². The lowest BCUT2D eigenvalue weighted by Crippen LogP contribution is -2.36. The lowest BCUT2D eigenvalue weighted by atomic mass is 9.75. The number of ether oxygens (including phenoxy) is 2. The van der Waals surface area contributed by atoms with E-state index in [4.69, 9.17) is 13.9 Å². The van der Waals surface area contributed by atoms with Gasteiger partial charge in [-0.05, 0) is 105 Å². The fourth-order valence-electron chi connectivity index (χ4n) is 8.70. The van der Waals surface area contributed by atoms with E-state index in [-0.39, 0.29) is 35.1 Å². The van der Waals surface area contributed by atoms with Gasteiger partial charge in [-0.1, -0.05) is 42.5 Å².